The number of halogens is 1. The number of hydrogen-bond donors (Lipinski definition) is 1. The number of aromatic nitrogens is 1. The number of benzene rings is 1. The Kier molecular flexibility index (Phi) is 4.27. The Morgan fingerprint density at radius 2 is 2.05 bits per heavy atom. The second-order valence-electron chi connectivity index (χ2n) is 4.20. The van der Waals surface area contributed by atoms with Crippen molar-refractivity contribution in [1.29, 1.82) is 0 Å². The van der Waals surface area contributed by atoms with Crippen LogP contribution in [0.3, 0.4) is 0 Å². The van der Waals surface area contributed by atoms with Crippen LogP contribution in [0.4, 0.5) is 0 Å². The van der Waals surface area contributed by atoms with Crippen molar-refractivity contribution >= 4 is 21.6 Å². The van der Waals surface area contributed by atoms with Crippen molar-refractivity contribution in [2.45, 2.75) is 18.4 Å². The molecule has 0 spiro atoms. The van der Waals surface area contributed by atoms with E-state index in [0.717, 1.165) is 5.69 Å². The van der Waals surface area contributed by atoms with Gasteiger partial charge in [-0.05, 0) is 37.3 Å². The van der Waals surface area contributed by atoms with Crippen LogP contribution in [0, 0.1) is 6.92 Å². The first-order valence-electron chi connectivity index (χ1n) is 5.74. The molecule has 1 aromatic heterocycles. The van der Waals surface area contributed by atoms with Crippen LogP contribution >= 0.6 is 11.6 Å². The summed E-state index contributed by atoms with van der Waals surface area (Å²) in [6.07, 6.45) is 0. The molecule has 1 aromatic carbocycles. The highest BCUT2D eigenvalue weighted by Crippen LogP contribution is 2.26. The molecule has 0 fully saturated rings. The second kappa shape index (κ2) is 5.78. The van der Waals surface area contributed by atoms with Gasteiger partial charge in [0.15, 0.2) is 0 Å². The quantitative estimate of drug-likeness (QED) is 0.938. The Hall–Kier alpha value is -1.63. The third-order valence-electron chi connectivity index (χ3n) is 2.53. The van der Waals surface area contributed by atoms with Crippen molar-refractivity contribution in [1.82, 2.24) is 4.98 Å². The number of primary sulfonamides is 1. The Balaban J connectivity index is 2.26. The standard InChI is InChI=1S/C13H13ClN2O3S/c1-9-3-2-4-11(16-9)8-19-12-6-5-10(14)7-13(12)20(15,17)18/h2-7H,8H2,1H3,(H2,15,17,18). The van der Waals surface area contributed by atoms with Crippen molar-refractivity contribution in [3.8, 4) is 5.75 Å². The largest absolute Gasteiger partial charge is 0.486 e. The molecule has 5 nitrogen and oxygen atoms in total. The lowest BCUT2D eigenvalue weighted by molar-refractivity contribution is 0.293. The minimum absolute atomic E-state index is 0.141. The number of rotatable bonds is 4. The molecule has 0 atom stereocenters. The summed E-state index contributed by atoms with van der Waals surface area (Å²) in [5.41, 5.74) is 1.55. The summed E-state index contributed by atoms with van der Waals surface area (Å²) in [6, 6.07) is 9.77. The van der Waals surface area contributed by atoms with E-state index in [0.29, 0.717) is 5.69 Å². The number of sulfonamides is 1. The smallest absolute Gasteiger partial charge is 0.241 e. The molecule has 0 aliphatic heterocycles. The predicted octanol–water partition coefficient (Wildman–Crippen LogP) is 2.27. The van der Waals surface area contributed by atoms with E-state index >= 15 is 0 Å². The summed E-state index contributed by atoms with van der Waals surface area (Å²) in [5.74, 6) is 0.153. The third kappa shape index (κ3) is 3.69. The van der Waals surface area contributed by atoms with Gasteiger partial charge in [-0.25, -0.2) is 13.6 Å². The minimum Gasteiger partial charge on any atom is -0.486 e. The number of ether oxygens (including phenoxy) is 1. The first-order chi connectivity index (χ1) is 9.36. The van der Waals surface area contributed by atoms with E-state index in [1.54, 1.807) is 6.07 Å². The Morgan fingerprint density at radius 3 is 2.70 bits per heavy atom. The van der Waals surface area contributed by atoms with E-state index < -0.39 is 10.0 Å². The van der Waals surface area contributed by atoms with Crippen LogP contribution in [0.15, 0.2) is 41.3 Å². The van der Waals surface area contributed by atoms with E-state index in [2.05, 4.69) is 4.98 Å². The molecule has 1 heterocycles. The molecular weight excluding hydrogens is 300 g/mol. The van der Waals surface area contributed by atoms with Crippen molar-refractivity contribution in [3.63, 3.8) is 0 Å². The fraction of sp³-hybridized carbons (Fsp3) is 0.154. The average molecular weight is 313 g/mol. The topological polar surface area (TPSA) is 82.3 Å². The number of nitrogens with zero attached hydrogens (tertiary/aromatic N) is 1. The average Bonchev–Trinajstić information content (AvgIpc) is 2.36. The fourth-order valence-electron chi connectivity index (χ4n) is 1.66. The summed E-state index contributed by atoms with van der Waals surface area (Å²) >= 11 is 5.77. The summed E-state index contributed by atoms with van der Waals surface area (Å²) in [5, 5.41) is 5.41. The first-order valence-corrected chi connectivity index (χ1v) is 7.66. The van der Waals surface area contributed by atoms with Crippen molar-refractivity contribution in [2.75, 3.05) is 0 Å². The SMILES string of the molecule is Cc1cccc(COc2ccc(Cl)cc2S(N)(=O)=O)n1. The lowest BCUT2D eigenvalue weighted by Crippen LogP contribution is -2.14. The van der Waals surface area contributed by atoms with Gasteiger partial charge in [0.25, 0.3) is 0 Å². The lowest BCUT2D eigenvalue weighted by Gasteiger charge is -2.10. The van der Waals surface area contributed by atoms with E-state index in [1.165, 1.54) is 18.2 Å². The molecule has 0 bridgehead atoms. The van der Waals surface area contributed by atoms with Gasteiger partial charge in [-0.1, -0.05) is 17.7 Å². The van der Waals surface area contributed by atoms with Crippen LogP contribution in [-0.2, 0) is 16.6 Å². The molecule has 2 N–H and O–H groups in total. The predicted molar refractivity (Wildman–Crippen MR) is 76.1 cm³/mol. The Bertz CT molecular complexity index is 732. The van der Waals surface area contributed by atoms with E-state index in [4.69, 9.17) is 21.5 Å². The molecule has 0 radical (unpaired) electrons. The monoisotopic (exact) mass is 312 g/mol. The molecule has 106 valence electrons. The van der Waals surface area contributed by atoms with Crippen LogP contribution in [0.5, 0.6) is 5.75 Å². The molecule has 0 saturated carbocycles. The highest BCUT2D eigenvalue weighted by Gasteiger charge is 2.16. The van der Waals surface area contributed by atoms with Gasteiger partial charge in [-0.2, -0.15) is 0 Å². The zero-order valence-corrected chi connectivity index (χ0v) is 12.3. The van der Waals surface area contributed by atoms with Gasteiger partial charge >= 0.3 is 0 Å². The molecule has 0 aliphatic carbocycles. The molecule has 20 heavy (non-hydrogen) atoms. The maximum atomic E-state index is 11.5. The van der Waals surface area contributed by atoms with Gasteiger partial charge in [0.05, 0.1) is 5.69 Å². The fourth-order valence-corrected chi connectivity index (χ4v) is 2.59. The van der Waals surface area contributed by atoms with Crippen LogP contribution in [0.25, 0.3) is 0 Å². The van der Waals surface area contributed by atoms with Gasteiger partial charge in [0, 0.05) is 10.7 Å². The molecule has 2 rings (SSSR count). The van der Waals surface area contributed by atoms with Crippen molar-refractivity contribution in [2.24, 2.45) is 5.14 Å². The van der Waals surface area contributed by atoms with E-state index in [1.807, 2.05) is 19.1 Å². The van der Waals surface area contributed by atoms with Gasteiger partial charge < -0.3 is 4.74 Å². The maximum absolute atomic E-state index is 11.5. The third-order valence-corrected chi connectivity index (χ3v) is 3.70. The molecule has 0 unspecified atom stereocenters. The minimum atomic E-state index is -3.90. The van der Waals surface area contributed by atoms with Crippen molar-refractivity contribution < 1.29 is 13.2 Å². The van der Waals surface area contributed by atoms with Crippen LogP contribution in [0.2, 0.25) is 5.02 Å². The molecule has 7 heteroatoms. The zero-order valence-electron chi connectivity index (χ0n) is 10.7. The van der Waals surface area contributed by atoms with Gasteiger partial charge in [0.1, 0.15) is 17.3 Å². The molecule has 0 amide bonds. The molecule has 0 saturated heterocycles. The van der Waals surface area contributed by atoms with E-state index in [-0.39, 0.29) is 22.3 Å². The van der Waals surface area contributed by atoms with E-state index in [9.17, 15) is 8.42 Å². The van der Waals surface area contributed by atoms with Gasteiger partial charge in [-0.15, -0.1) is 0 Å². The normalized spacial score (nSPS) is 11.3. The summed E-state index contributed by atoms with van der Waals surface area (Å²) in [4.78, 5) is 4.12. The highest BCUT2D eigenvalue weighted by atomic mass is 35.5. The molecule has 0 aliphatic rings. The van der Waals surface area contributed by atoms with Gasteiger partial charge in [-0.3, -0.25) is 4.98 Å². The highest BCUT2D eigenvalue weighted by molar-refractivity contribution is 7.89. The summed E-state index contributed by atoms with van der Waals surface area (Å²) in [6.45, 7) is 2.01. The Labute approximate surface area is 122 Å². The van der Waals surface area contributed by atoms with Crippen LogP contribution in [0.1, 0.15) is 11.4 Å². The number of nitrogens with two attached hydrogens (primary N) is 1. The van der Waals surface area contributed by atoms with Crippen LogP contribution in [-0.4, -0.2) is 13.4 Å². The number of pyridine rings is 1. The maximum Gasteiger partial charge on any atom is 0.241 e. The number of hydrogen-bond acceptors (Lipinski definition) is 4. The van der Waals surface area contributed by atoms with Gasteiger partial charge in [0.2, 0.25) is 10.0 Å². The summed E-state index contributed by atoms with van der Waals surface area (Å²) in [7, 11) is -3.90. The first kappa shape index (κ1) is 14.8. The number of aryl methyl sites for hydroxylation is 1. The summed E-state index contributed by atoms with van der Waals surface area (Å²) < 4.78 is 28.5. The van der Waals surface area contributed by atoms with Crippen molar-refractivity contribution in [3.05, 3.63) is 52.8 Å². The lowest BCUT2D eigenvalue weighted by atomic mass is 10.3. The van der Waals surface area contributed by atoms with Crippen LogP contribution < -0.4 is 9.88 Å². The second-order valence-corrected chi connectivity index (χ2v) is 6.16. The zero-order chi connectivity index (χ0) is 14.8. The molecular formula is C13H13ClN2O3S. The Morgan fingerprint density at radius 1 is 1.30 bits per heavy atom. The molecule has 2 aromatic rings.